The molecule has 236 valence electrons. The Morgan fingerprint density at radius 3 is 2.32 bits per heavy atom. The van der Waals surface area contributed by atoms with Gasteiger partial charge < -0.3 is 19.1 Å². The van der Waals surface area contributed by atoms with Crippen molar-refractivity contribution in [2.24, 2.45) is 5.92 Å². The van der Waals surface area contributed by atoms with E-state index in [2.05, 4.69) is 10.1 Å². The Bertz CT molecular complexity index is 1410. The number of carbonyl (C=O) groups is 2. The molecule has 5 rings (SSSR count). The molecule has 0 bridgehead atoms. The molecule has 1 aliphatic carbocycles. The lowest BCUT2D eigenvalue weighted by atomic mass is 9.95. The van der Waals surface area contributed by atoms with Crippen molar-refractivity contribution in [3.05, 3.63) is 76.7 Å². The van der Waals surface area contributed by atoms with E-state index >= 15 is 0 Å². The summed E-state index contributed by atoms with van der Waals surface area (Å²) >= 11 is 0. The number of rotatable bonds is 11. The van der Waals surface area contributed by atoms with Crippen LogP contribution in [0, 0.1) is 19.8 Å². The minimum Gasteiger partial charge on any atom is -0.462 e. The van der Waals surface area contributed by atoms with Crippen molar-refractivity contribution >= 4 is 11.9 Å². The number of amides is 1. The number of carbonyl (C=O) groups excluding carboxylic acids is 2. The molecular weight excluding hydrogens is 571 g/mol. The van der Waals surface area contributed by atoms with E-state index in [0.29, 0.717) is 18.6 Å². The molecule has 1 aliphatic heterocycles. The number of halogens is 3. The maximum absolute atomic E-state index is 13.7. The Morgan fingerprint density at radius 1 is 1.05 bits per heavy atom. The molecule has 2 unspecified atom stereocenters. The molecule has 44 heavy (non-hydrogen) atoms. The molecule has 2 heterocycles. The van der Waals surface area contributed by atoms with E-state index in [9.17, 15) is 22.8 Å². The van der Waals surface area contributed by atoms with Gasteiger partial charge in [-0.1, -0.05) is 41.6 Å². The molecule has 0 spiro atoms. The molecule has 10 heteroatoms. The van der Waals surface area contributed by atoms with Crippen LogP contribution in [0.1, 0.15) is 71.5 Å². The van der Waals surface area contributed by atoms with Crippen molar-refractivity contribution in [1.82, 2.24) is 15.0 Å². The summed E-state index contributed by atoms with van der Waals surface area (Å²) in [4.78, 5) is 27.8. The molecular formula is C34H40F3N3O4. The Labute approximate surface area is 256 Å². The lowest BCUT2D eigenvalue weighted by Gasteiger charge is -2.35. The van der Waals surface area contributed by atoms with E-state index in [0.717, 1.165) is 83.9 Å². The quantitative estimate of drug-likeness (QED) is 0.224. The highest BCUT2D eigenvalue weighted by Gasteiger charge is 2.52. The molecule has 0 radical (unpaired) electrons. The van der Waals surface area contributed by atoms with Gasteiger partial charge in [-0.2, -0.15) is 13.2 Å². The predicted octanol–water partition coefficient (Wildman–Crippen LogP) is 6.73. The Morgan fingerprint density at radius 2 is 1.73 bits per heavy atom. The van der Waals surface area contributed by atoms with E-state index < -0.39 is 18.1 Å². The average molecular weight is 612 g/mol. The largest absolute Gasteiger partial charge is 0.471 e. The number of ether oxygens (including phenoxy) is 1. The van der Waals surface area contributed by atoms with Crippen molar-refractivity contribution in [3.63, 3.8) is 0 Å². The molecule has 3 aromatic rings. The minimum absolute atomic E-state index is 0.0381. The molecule has 1 aromatic heterocycles. The SMILES string of the molecule is CCOC(=O)c1ccc(CCCN2CCC(CN(C(=O)C(F)(F)F)C3CC3c3ccc(-c4c(C)noc4C)cc3)CC2)cc1. The number of hydrogen-bond acceptors (Lipinski definition) is 6. The number of piperidine rings is 1. The van der Waals surface area contributed by atoms with E-state index in [1.165, 1.54) is 0 Å². The first-order valence-electron chi connectivity index (χ1n) is 15.4. The van der Waals surface area contributed by atoms with Crippen LogP contribution in [0.3, 0.4) is 0 Å². The van der Waals surface area contributed by atoms with Crippen LogP contribution in [-0.4, -0.2) is 71.8 Å². The van der Waals surface area contributed by atoms with E-state index in [4.69, 9.17) is 9.26 Å². The normalized spacial score (nSPS) is 19.1. The standard InChI is InChI=1S/C34H40F3N3O4/c1-4-43-32(41)28-9-7-24(8-10-28)6-5-17-39-18-15-25(16-19-39)21-40(33(42)34(35,36)37)30-20-29(30)26-11-13-27(14-12-26)31-22(2)38-44-23(31)3/h7-14,25,29-30H,4-6,15-21H2,1-3H3. The first-order chi connectivity index (χ1) is 21.0. The summed E-state index contributed by atoms with van der Waals surface area (Å²) in [5, 5.41) is 4.00. The monoisotopic (exact) mass is 611 g/mol. The van der Waals surface area contributed by atoms with Gasteiger partial charge in [-0.15, -0.1) is 0 Å². The zero-order valence-corrected chi connectivity index (χ0v) is 25.5. The molecule has 2 fully saturated rings. The molecule has 0 N–H and O–H groups in total. The summed E-state index contributed by atoms with van der Waals surface area (Å²) in [5.74, 6) is -1.40. The molecule has 1 saturated carbocycles. The summed E-state index contributed by atoms with van der Waals surface area (Å²) in [5.41, 5.74) is 5.29. The average Bonchev–Trinajstić information content (AvgIpc) is 3.73. The van der Waals surface area contributed by atoms with Gasteiger partial charge in [0.25, 0.3) is 0 Å². The molecule has 1 amide bonds. The highest BCUT2D eigenvalue weighted by Crippen LogP contribution is 2.47. The molecule has 7 nitrogen and oxygen atoms in total. The Hall–Kier alpha value is -3.66. The van der Waals surface area contributed by atoms with Crippen molar-refractivity contribution in [2.45, 2.75) is 71.0 Å². The van der Waals surface area contributed by atoms with Crippen molar-refractivity contribution in [3.8, 4) is 11.1 Å². The number of esters is 1. The fraction of sp³-hybridized carbons (Fsp3) is 0.500. The molecule has 2 aromatic carbocycles. The summed E-state index contributed by atoms with van der Waals surface area (Å²) in [7, 11) is 0. The topological polar surface area (TPSA) is 75.9 Å². The lowest BCUT2D eigenvalue weighted by molar-refractivity contribution is -0.187. The number of nitrogens with zero attached hydrogens (tertiary/aromatic N) is 3. The number of hydrogen-bond donors (Lipinski definition) is 0. The number of aromatic nitrogens is 1. The van der Waals surface area contributed by atoms with Gasteiger partial charge in [0.15, 0.2) is 0 Å². The molecule has 2 atom stereocenters. The number of alkyl halides is 3. The van der Waals surface area contributed by atoms with Crippen LogP contribution >= 0.6 is 0 Å². The molecule has 2 aliphatic rings. The second-order valence-corrected chi connectivity index (χ2v) is 12.0. The van der Waals surface area contributed by atoms with Crippen LogP contribution in [0.25, 0.3) is 11.1 Å². The Kier molecular flexibility index (Phi) is 9.78. The van der Waals surface area contributed by atoms with Crippen molar-refractivity contribution < 1.29 is 32.0 Å². The minimum atomic E-state index is -4.89. The van der Waals surface area contributed by atoms with Gasteiger partial charge in [0.1, 0.15) is 5.76 Å². The summed E-state index contributed by atoms with van der Waals surface area (Å²) in [6.45, 7) is 8.48. The van der Waals surface area contributed by atoms with Gasteiger partial charge in [0.2, 0.25) is 0 Å². The number of likely N-dealkylation sites (tertiary alicyclic amines) is 1. The maximum atomic E-state index is 13.7. The third kappa shape index (κ3) is 7.52. The van der Waals surface area contributed by atoms with Gasteiger partial charge in [-0.25, -0.2) is 4.79 Å². The maximum Gasteiger partial charge on any atom is 0.471 e. The smallest absolute Gasteiger partial charge is 0.462 e. The van der Waals surface area contributed by atoms with Gasteiger partial charge >= 0.3 is 18.1 Å². The third-order valence-electron chi connectivity index (χ3n) is 8.89. The zero-order valence-electron chi connectivity index (χ0n) is 25.5. The first kappa shape index (κ1) is 31.8. The number of benzene rings is 2. The summed E-state index contributed by atoms with van der Waals surface area (Å²) in [6.07, 6.45) is -1.01. The second kappa shape index (κ2) is 13.5. The van der Waals surface area contributed by atoms with Crippen LogP contribution < -0.4 is 0 Å². The van der Waals surface area contributed by atoms with Crippen molar-refractivity contribution in [1.29, 1.82) is 0 Å². The first-order valence-corrected chi connectivity index (χ1v) is 15.4. The second-order valence-electron chi connectivity index (χ2n) is 12.0. The van der Waals surface area contributed by atoms with Crippen LogP contribution in [0.5, 0.6) is 0 Å². The van der Waals surface area contributed by atoms with E-state index in [1.54, 1.807) is 19.1 Å². The summed E-state index contributed by atoms with van der Waals surface area (Å²) < 4.78 is 51.3. The van der Waals surface area contributed by atoms with E-state index in [1.807, 2.05) is 50.2 Å². The van der Waals surface area contributed by atoms with Crippen LogP contribution in [0.2, 0.25) is 0 Å². The predicted molar refractivity (Wildman–Crippen MR) is 160 cm³/mol. The Balaban J connectivity index is 1.12. The zero-order chi connectivity index (χ0) is 31.4. The lowest BCUT2D eigenvalue weighted by Crippen LogP contribution is -2.47. The summed E-state index contributed by atoms with van der Waals surface area (Å²) in [6, 6.07) is 14.8. The number of aryl methyl sites for hydroxylation is 3. The highest BCUT2D eigenvalue weighted by molar-refractivity contribution is 5.89. The van der Waals surface area contributed by atoms with Crippen LogP contribution in [0.4, 0.5) is 13.2 Å². The van der Waals surface area contributed by atoms with Gasteiger partial charge in [-0.3, -0.25) is 4.79 Å². The fourth-order valence-corrected chi connectivity index (χ4v) is 6.41. The third-order valence-corrected chi connectivity index (χ3v) is 8.89. The van der Waals surface area contributed by atoms with Gasteiger partial charge in [0.05, 0.1) is 17.9 Å². The van der Waals surface area contributed by atoms with Gasteiger partial charge in [-0.05, 0) is 107 Å². The highest BCUT2D eigenvalue weighted by atomic mass is 19.4. The van der Waals surface area contributed by atoms with Crippen molar-refractivity contribution in [2.75, 3.05) is 32.8 Å². The molecule has 1 saturated heterocycles. The van der Waals surface area contributed by atoms with Gasteiger partial charge in [0, 0.05) is 24.1 Å². The fourth-order valence-electron chi connectivity index (χ4n) is 6.41. The van der Waals surface area contributed by atoms with E-state index in [-0.39, 0.29) is 24.3 Å². The van der Waals surface area contributed by atoms with Crippen LogP contribution in [-0.2, 0) is 16.0 Å². The van der Waals surface area contributed by atoms with Crippen LogP contribution in [0.15, 0.2) is 53.1 Å².